The fourth-order valence-electron chi connectivity index (χ4n) is 3.04. The van der Waals surface area contributed by atoms with Crippen molar-refractivity contribution in [3.63, 3.8) is 0 Å². The Kier molecular flexibility index (Phi) is 5.88. The number of hydrogen-bond acceptors (Lipinski definition) is 4. The number of aryl methyl sites for hydroxylation is 1. The highest BCUT2D eigenvalue weighted by Gasteiger charge is 2.19. The molecule has 0 spiro atoms. The van der Waals surface area contributed by atoms with Gasteiger partial charge in [0.15, 0.2) is 6.79 Å². The summed E-state index contributed by atoms with van der Waals surface area (Å²) in [6.45, 7) is 0.142. The molecule has 140 valence electrons. The van der Waals surface area contributed by atoms with E-state index < -0.39 is 5.97 Å². The van der Waals surface area contributed by atoms with E-state index in [1.54, 1.807) is 31.4 Å². The van der Waals surface area contributed by atoms with Gasteiger partial charge in [0.05, 0.1) is 5.69 Å². The quantitative estimate of drug-likeness (QED) is 0.444. The molecule has 0 atom stereocenters. The van der Waals surface area contributed by atoms with Crippen LogP contribution < -0.4 is 4.74 Å². The predicted molar refractivity (Wildman–Crippen MR) is 101 cm³/mol. The lowest BCUT2D eigenvalue weighted by Crippen LogP contribution is -2.06. The average molecular weight is 367 g/mol. The highest BCUT2D eigenvalue weighted by molar-refractivity contribution is 6.11. The Morgan fingerprint density at radius 3 is 2.52 bits per heavy atom. The molecule has 0 aliphatic heterocycles. The van der Waals surface area contributed by atoms with Crippen LogP contribution in [0.25, 0.3) is 10.9 Å². The minimum Gasteiger partial charge on any atom is -0.481 e. The van der Waals surface area contributed by atoms with Crippen LogP contribution in [0.3, 0.4) is 0 Å². The molecule has 3 rings (SSSR count). The predicted octanol–water partition coefficient (Wildman–Crippen LogP) is 3.79. The molecule has 3 aromatic rings. The number of aliphatic carboxylic acids is 1. The fourth-order valence-corrected chi connectivity index (χ4v) is 3.04. The van der Waals surface area contributed by atoms with Gasteiger partial charge in [-0.25, -0.2) is 0 Å². The zero-order valence-corrected chi connectivity index (χ0v) is 15.0. The van der Waals surface area contributed by atoms with Gasteiger partial charge in [0.2, 0.25) is 5.78 Å². The topological polar surface area (TPSA) is 88.6 Å². The first-order valence-corrected chi connectivity index (χ1v) is 8.68. The van der Waals surface area contributed by atoms with Crippen molar-refractivity contribution in [1.29, 1.82) is 0 Å². The Hall–Kier alpha value is -3.12. The smallest absolute Gasteiger partial charge is 0.303 e. The summed E-state index contributed by atoms with van der Waals surface area (Å²) in [5.41, 5.74) is 2.76. The number of carbonyl (C=O) groups is 2. The second kappa shape index (κ2) is 8.51. The first kappa shape index (κ1) is 18.7. The van der Waals surface area contributed by atoms with Crippen molar-refractivity contribution in [2.45, 2.75) is 19.3 Å². The lowest BCUT2D eigenvalue weighted by molar-refractivity contribution is -0.137. The number of rotatable bonds is 9. The van der Waals surface area contributed by atoms with Crippen molar-refractivity contribution in [2.75, 3.05) is 13.9 Å². The maximum atomic E-state index is 13.0. The molecule has 0 aliphatic carbocycles. The van der Waals surface area contributed by atoms with Crippen LogP contribution >= 0.6 is 0 Å². The van der Waals surface area contributed by atoms with Crippen molar-refractivity contribution in [3.8, 4) is 5.75 Å². The van der Waals surface area contributed by atoms with Gasteiger partial charge in [-0.1, -0.05) is 18.2 Å². The van der Waals surface area contributed by atoms with Gasteiger partial charge in [-0.3, -0.25) is 9.59 Å². The molecule has 0 saturated heterocycles. The molecular weight excluding hydrogens is 346 g/mol. The molecule has 0 saturated carbocycles. The molecule has 2 aromatic carbocycles. The van der Waals surface area contributed by atoms with Gasteiger partial charge in [0.25, 0.3) is 0 Å². The summed E-state index contributed by atoms with van der Waals surface area (Å²) in [5, 5.41) is 9.85. The molecule has 27 heavy (non-hydrogen) atoms. The van der Waals surface area contributed by atoms with E-state index in [1.165, 1.54) is 0 Å². The van der Waals surface area contributed by atoms with Crippen LogP contribution in [0.5, 0.6) is 5.75 Å². The van der Waals surface area contributed by atoms with Crippen molar-refractivity contribution in [1.82, 2.24) is 4.98 Å². The molecule has 6 nitrogen and oxygen atoms in total. The minimum atomic E-state index is -0.839. The van der Waals surface area contributed by atoms with Crippen LogP contribution in [0, 0.1) is 0 Å². The highest BCUT2D eigenvalue weighted by atomic mass is 16.7. The van der Waals surface area contributed by atoms with Crippen molar-refractivity contribution in [2.24, 2.45) is 0 Å². The van der Waals surface area contributed by atoms with Crippen LogP contribution in [0.4, 0.5) is 0 Å². The third kappa shape index (κ3) is 4.35. The average Bonchev–Trinajstić information content (AvgIpc) is 3.05. The van der Waals surface area contributed by atoms with Crippen LogP contribution in [0.15, 0.2) is 48.5 Å². The van der Waals surface area contributed by atoms with Gasteiger partial charge in [-0.05, 0) is 48.7 Å². The number of benzene rings is 2. The largest absolute Gasteiger partial charge is 0.481 e. The summed E-state index contributed by atoms with van der Waals surface area (Å²) in [6.07, 6.45) is 1.06. The Morgan fingerprint density at radius 2 is 1.81 bits per heavy atom. The summed E-state index contributed by atoms with van der Waals surface area (Å²) in [6, 6.07) is 14.5. The molecule has 0 bridgehead atoms. The Morgan fingerprint density at radius 1 is 1.07 bits per heavy atom. The van der Waals surface area contributed by atoms with Crippen molar-refractivity contribution < 1.29 is 24.2 Å². The highest BCUT2D eigenvalue weighted by Crippen LogP contribution is 2.26. The number of carboxylic acid groups (broad SMARTS) is 1. The number of ketones is 1. The summed E-state index contributed by atoms with van der Waals surface area (Å²) in [7, 11) is 1.54. The van der Waals surface area contributed by atoms with Gasteiger partial charge in [0.1, 0.15) is 5.75 Å². The van der Waals surface area contributed by atoms with E-state index in [-0.39, 0.29) is 19.0 Å². The first-order valence-electron chi connectivity index (χ1n) is 8.68. The molecule has 0 amide bonds. The van der Waals surface area contributed by atoms with Crippen LogP contribution in [-0.4, -0.2) is 35.7 Å². The Labute approximate surface area is 156 Å². The zero-order chi connectivity index (χ0) is 19.2. The normalized spacial score (nSPS) is 10.9. The van der Waals surface area contributed by atoms with E-state index in [1.807, 2.05) is 24.3 Å². The number of carbonyl (C=O) groups excluding carboxylic acids is 1. The number of hydrogen-bond donors (Lipinski definition) is 2. The third-order valence-corrected chi connectivity index (χ3v) is 4.32. The number of aromatic amines is 1. The van der Waals surface area contributed by atoms with E-state index in [0.717, 1.165) is 16.5 Å². The van der Waals surface area contributed by atoms with E-state index in [4.69, 9.17) is 14.6 Å². The molecule has 2 N–H and O–H groups in total. The molecule has 6 heteroatoms. The van der Waals surface area contributed by atoms with Gasteiger partial charge in [-0.15, -0.1) is 0 Å². The van der Waals surface area contributed by atoms with Crippen molar-refractivity contribution >= 4 is 22.7 Å². The summed E-state index contributed by atoms with van der Waals surface area (Å²) in [4.78, 5) is 27.1. The van der Waals surface area contributed by atoms with Gasteiger partial charge < -0.3 is 19.6 Å². The lowest BCUT2D eigenvalue weighted by atomic mass is 9.99. The second-order valence-corrected chi connectivity index (χ2v) is 6.18. The Balaban J connectivity index is 1.90. The molecule has 0 aliphatic rings. The van der Waals surface area contributed by atoms with Crippen LogP contribution in [-0.2, 0) is 16.0 Å². The SMILES string of the molecule is COCOc1ccc(C(=O)c2[nH]c3ccccc3c2CCCC(=O)O)cc1. The fraction of sp³-hybridized carbons (Fsp3) is 0.238. The van der Waals surface area contributed by atoms with Gasteiger partial charge in [-0.2, -0.15) is 0 Å². The van der Waals surface area contributed by atoms with Crippen LogP contribution in [0.1, 0.15) is 34.5 Å². The monoisotopic (exact) mass is 367 g/mol. The molecule has 0 fully saturated rings. The molecule has 0 unspecified atom stereocenters. The number of aromatic nitrogens is 1. The number of fused-ring (bicyclic) bond motifs is 1. The van der Waals surface area contributed by atoms with E-state index >= 15 is 0 Å². The van der Waals surface area contributed by atoms with Gasteiger partial charge >= 0.3 is 5.97 Å². The zero-order valence-electron chi connectivity index (χ0n) is 15.0. The lowest BCUT2D eigenvalue weighted by Gasteiger charge is -2.07. The number of methoxy groups -OCH3 is 1. The second-order valence-electron chi connectivity index (χ2n) is 6.18. The standard InChI is InChI=1S/C21H21NO5/c1-26-13-27-15-11-9-14(10-12-15)21(25)20-17(6-4-8-19(23)24)16-5-2-3-7-18(16)22-20/h2-3,5,7,9-12,22H,4,6,8,13H2,1H3,(H,23,24). The van der Waals surface area contributed by atoms with Crippen molar-refractivity contribution in [3.05, 3.63) is 65.4 Å². The number of H-pyrrole nitrogens is 1. The number of para-hydroxylation sites is 1. The summed E-state index contributed by atoms with van der Waals surface area (Å²) in [5.74, 6) is -0.351. The summed E-state index contributed by atoms with van der Waals surface area (Å²) < 4.78 is 10.2. The van der Waals surface area contributed by atoms with E-state index in [0.29, 0.717) is 29.8 Å². The Bertz CT molecular complexity index is 943. The molecule has 0 radical (unpaired) electrons. The van der Waals surface area contributed by atoms with Crippen LogP contribution in [0.2, 0.25) is 0 Å². The molecular formula is C21H21NO5. The maximum absolute atomic E-state index is 13.0. The maximum Gasteiger partial charge on any atom is 0.303 e. The minimum absolute atomic E-state index is 0.0681. The first-order chi connectivity index (χ1) is 13.1. The van der Waals surface area contributed by atoms with Gasteiger partial charge in [0, 0.05) is 30.0 Å². The third-order valence-electron chi connectivity index (χ3n) is 4.32. The van der Waals surface area contributed by atoms with E-state index in [9.17, 15) is 9.59 Å². The van der Waals surface area contributed by atoms with E-state index in [2.05, 4.69) is 4.98 Å². The number of ether oxygens (including phenoxy) is 2. The summed E-state index contributed by atoms with van der Waals surface area (Å²) >= 11 is 0. The number of carboxylic acids is 1. The number of nitrogens with one attached hydrogen (secondary N) is 1. The molecule has 1 aromatic heterocycles. The molecule has 1 heterocycles.